The van der Waals surface area contributed by atoms with Crippen LogP contribution in [0.5, 0.6) is 17.2 Å². The fourth-order valence-electron chi connectivity index (χ4n) is 1.95. The number of carbonyl (C=O) groups excluding carboxylic acids is 2. The summed E-state index contributed by atoms with van der Waals surface area (Å²) < 4.78 is 5.62. The first kappa shape index (κ1) is 16.9. The van der Waals surface area contributed by atoms with E-state index in [1.807, 2.05) is 0 Å². The van der Waals surface area contributed by atoms with Gasteiger partial charge in [0.2, 0.25) is 11.8 Å². The van der Waals surface area contributed by atoms with Gasteiger partial charge >= 0.3 is 0 Å². The first-order valence-corrected chi connectivity index (χ1v) is 6.92. The van der Waals surface area contributed by atoms with Gasteiger partial charge in [-0.1, -0.05) is 0 Å². The zero-order valence-electron chi connectivity index (χ0n) is 13.0. The first-order valence-electron chi connectivity index (χ1n) is 6.92. The standard InChI is InChI=1S/C16H15N3O5/c1-9(20)17-14-7-11(3-5-13(14)19-23)24-12-4-6-16(22)15(8-12)18-10(2)21/h3-8,22H,1-2H3,(H,17,20)(H,18,21). The highest BCUT2D eigenvalue weighted by molar-refractivity contribution is 5.92. The van der Waals surface area contributed by atoms with Crippen LogP contribution in [-0.4, -0.2) is 16.9 Å². The summed E-state index contributed by atoms with van der Waals surface area (Å²) in [6.07, 6.45) is 0. The van der Waals surface area contributed by atoms with Crippen molar-refractivity contribution in [2.75, 3.05) is 10.6 Å². The summed E-state index contributed by atoms with van der Waals surface area (Å²) >= 11 is 0. The molecular weight excluding hydrogens is 314 g/mol. The number of nitrogens with one attached hydrogen (secondary N) is 2. The molecule has 0 aromatic heterocycles. The minimum absolute atomic E-state index is 0.0715. The smallest absolute Gasteiger partial charge is 0.221 e. The van der Waals surface area contributed by atoms with E-state index in [-0.39, 0.29) is 34.6 Å². The number of ether oxygens (including phenoxy) is 1. The maximum Gasteiger partial charge on any atom is 0.221 e. The SMILES string of the molecule is CC(=O)Nc1cc(Oc2ccc(N=O)c(NC(C)=O)c2)ccc1O. The Morgan fingerprint density at radius 3 is 2.08 bits per heavy atom. The van der Waals surface area contributed by atoms with E-state index < -0.39 is 0 Å². The van der Waals surface area contributed by atoms with Gasteiger partial charge in [-0.15, -0.1) is 4.91 Å². The molecular formula is C16H15N3O5. The van der Waals surface area contributed by atoms with Gasteiger partial charge in [0.15, 0.2) is 0 Å². The average Bonchev–Trinajstić information content (AvgIpc) is 2.50. The van der Waals surface area contributed by atoms with E-state index in [1.54, 1.807) is 0 Å². The quantitative estimate of drug-likeness (QED) is 0.573. The first-order chi connectivity index (χ1) is 11.4. The Kier molecular flexibility index (Phi) is 5.10. The van der Waals surface area contributed by atoms with Gasteiger partial charge in [-0.05, 0) is 29.4 Å². The monoisotopic (exact) mass is 329 g/mol. The number of rotatable bonds is 5. The molecule has 0 fully saturated rings. The lowest BCUT2D eigenvalue weighted by Gasteiger charge is -2.11. The summed E-state index contributed by atoms with van der Waals surface area (Å²) in [5, 5.41) is 17.5. The van der Waals surface area contributed by atoms with Crippen LogP contribution in [-0.2, 0) is 9.59 Å². The largest absolute Gasteiger partial charge is 0.506 e. The molecule has 2 aromatic rings. The zero-order chi connectivity index (χ0) is 17.7. The van der Waals surface area contributed by atoms with Crippen LogP contribution >= 0.6 is 0 Å². The van der Waals surface area contributed by atoms with E-state index in [1.165, 1.54) is 50.2 Å². The number of nitroso groups, excluding NO2 is 1. The topological polar surface area (TPSA) is 117 Å². The van der Waals surface area contributed by atoms with Crippen LogP contribution in [0.4, 0.5) is 17.1 Å². The number of hydrogen-bond donors (Lipinski definition) is 3. The van der Waals surface area contributed by atoms with Crippen LogP contribution in [0, 0.1) is 4.91 Å². The molecule has 0 unspecified atom stereocenters. The van der Waals surface area contributed by atoms with Crippen LogP contribution in [0.2, 0.25) is 0 Å². The fourth-order valence-corrected chi connectivity index (χ4v) is 1.95. The second kappa shape index (κ2) is 7.23. The van der Waals surface area contributed by atoms with Crippen molar-refractivity contribution in [2.24, 2.45) is 5.18 Å². The Morgan fingerprint density at radius 2 is 1.50 bits per heavy atom. The van der Waals surface area contributed by atoms with Crippen LogP contribution in [0.15, 0.2) is 41.6 Å². The summed E-state index contributed by atoms with van der Waals surface area (Å²) in [5.74, 6) is -0.105. The lowest BCUT2D eigenvalue weighted by atomic mass is 10.2. The Labute approximate surface area is 137 Å². The second-order valence-corrected chi connectivity index (χ2v) is 4.91. The minimum Gasteiger partial charge on any atom is -0.506 e. The Bertz CT molecular complexity index is 804. The van der Waals surface area contributed by atoms with Crippen molar-refractivity contribution in [3.63, 3.8) is 0 Å². The lowest BCUT2D eigenvalue weighted by Crippen LogP contribution is -2.06. The maximum atomic E-state index is 11.2. The van der Waals surface area contributed by atoms with Crippen LogP contribution in [0.1, 0.15) is 13.8 Å². The lowest BCUT2D eigenvalue weighted by molar-refractivity contribution is -0.115. The Morgan fingerprint density at radius 1 is 0.958 bits per heavy atom. The third-order valence-corrected chi connectivity index (χ3v) is 2.89. The minimum atomic E-state index is -0.352. The van der Waals surface area contributed by atoms with Gasteiger partial charge in [-0.25, -0.2) is 0 Å². The van der Waals surface area contributed by atoms with Gasteiger partial charge in [0, 0.05) is 26.0 Å². The molecule has 0 radical (unpaired) electrons. The van der Waals surface area contributed by atoms with Crippen molar-refractivity contribution in [3.8, 4) is 17.2 Å². The molecule has 2 amide bonds. The molecule has 0 saturated carbocycles. The molecule has 0 spiro atoms. The van der Waals surface area contributed by atoms with Gasteiger partial charge in [0.25, 0.3) is 0 Å². The molecule has 8 heteroatoms. The van der Waals surface area contributed by atoms with Crippen LogP contribution < -0.4 is 15.4 Å². The normalized spacial score (nSPS) is 9.92. The average molecular weight is 329 g/mol. The van der Waals surface area contributed by atoms with Crippen molar-refractivity contribution < 1.29 is 19.4 Å². The van der Waals surface area contributed by atoms with E-state index in [9.17, 15) is 19.6 Å². The number of carbonyl (C=O) groups is 2. The Balaban J connectivity index is 2.29. The number of nitrogens with zero attached hydrogens (tertiary/aromatic N) is 1. The summed E-state index contributed by atoms with van der Waals surface area (Å²) in [6, 6.07) is 8.68. The van der Waals surface area contributed by atoms with E-state index in [0.717, 1.165) is 0 Å². The number of phenolic OH excluding ortho intramolecular Hbond substituents is 1. The van der Waals surface area contributed by atoms with Crippen LogP contribution in [0.25, 0.3) is 0 Å². The van der Waals surface area contributed by atoms with Gasteiger partial charge < -0.3 is 20.5 Å². The third-order valence-electron chi connectivity index (χ3n) is 2.89. The second-order valence-electron chi connectivity index (χ2n) is 4.91. The molecule has 0 bridgehead atoms. The number of amides is 2. The molecule has 2 aromatic carbocycles. The molecule has 0 heterocycles. The summed E-state index contributed by atoms with van der Waals surface area (Å²) in [7, 11) is 0. The van der Waals surface area contributed by atoms with Gasteiger partial charge in [-0.3, -0.25) is 9.59 Å². The predicted octanol–water partition coefficient (Wildman–Crippen LogP) is 3.50. The maximum absolute atomic E-state index is 11.2. The number of hydrogen-bond acceptors (Lipinski definition) is 6. The van der Waals surface area contributed by atoms with Crippen LogP contribution in [0.3, 0.4) is 0 Å². The molecule has 2 rings (SSSR count). The van der Waals surface area contributed by atoms with Crippen molar-refractivity contribution in [3.05, 3.63) is 41.3 Å². The van der Waals surface area contributed by atoms with E-state index >= 15 is 0 Å². The summed E-state index contributed by atoms with van der Waals surface area (Å²) in [6.45, 7) is 2.62. The fraction of sp³-hybridized carbons (Fsp3) is 0.125. The summed E-state index contributed by atoms with van der Waals surface area (Å²) in [5.41, 5.74) is 0.492. The molecule has 24 heavy (non-hydrogen) atoms. The highest BCUT2D eigenvalue weighted by Gasteiger charge is 2.09. The van der Waals surface area contributed by atoms with Gasteiger partial charge in [0.1, 0.15) is 22.9 Å². The number of aromatic hydroxyl groups is 1. The van der Waals surface area contributed by atoms with Gasteiger partial charge in [-0.2, -0.15) is 0 Å². The van der Waals surface area contributed by atoms with Crippen molar-refractivity contribution in [1.29, 1.82) is 0 Å². The highest BCUT2D eigenvalue weighted by atomic mass is 16.5. The molecule has 3 N–H and O–H groups in total. The molecule has 0 atom stereocenters. The molecule has 0 aliphatic rings. The van der Waals surface area contributed by atoms with Crippen molar-refractivity contribution in [2.45, 2.75) is 13.8 Å². The molecule has 0 aliphatic carbocycles. The van der Waals surface area contributed by atoms with Crippen molar-refractivity contribution in [1.82, 2.24) is 0 Å². The zero-order valence-corrected chi connectivity index (χ0v) is 13.0. The van der Waals surface area contributed by atoms with Gasteiger partial charge in [0.05, 0.1) is 11.4 Å². The summed E-state index contributed by atoms with van der Waals surface area (Å²) in [4.78, 5) is 33.0. The number of anilines is 2. The molecule has 8 nitrogen and oxygen atoms in total. The van der Waals surface area contributed by atoms with E-state index in [4.69, 9.17) is 4.74 Å². The predicted molar refractivity (Wildman–Crippen MR) is 88.7 cm³/mol. The highest BCUT2D eigenvalue weighted by Crippen LogP contribution is 2.34. The molecule has 124 valence electrons. The molecule has 0 aliphatic heterocycles. The van der Waals surface area contributed by atoms with E-state index in [2.05, 4.69) is 15.8 Å². The van der Waals surface area contributed by atoms with Crippen molar-refractivity contribution >= 4 is 28.9 Å². The molecule has 0 saturated heterocycles. The van der Waals surface area contributed by atoms with E-state index in [0.29, 0.717) is 11.5 Å². The number of phenols is 1. The Hall–Kier alpha value is -3.42. The third kappa shape index (κ3) is 4.29. The number of benzene rings is 2.